The lowest BCUT2D eigenvalue weighted by atomic mass is 10.1. The summed E-state index contributed by atoms with van der Waals surface area (Å²) in [5.74, 6) is -0.908. The summed E-state index contributed by atoms with van der Waals surface area (Å²) < 4.78 is 0. The minimum Gasteiger partial charge on any atom is -0.478 e. The molecule has 19 heavy (non-hydrogen) atoms. The number of carboxylic acid groups (broad SMARTS) is 1. The molecule has 1 aromatic carbocycles. The molecule has 0 saturated heterocycles. The largest absolute Gasteiger partial charge is 0.478 e. The van der Waals surface area contributed by atoms with Crippen molar-refractivity contribution in [3.8, 4) is 0 Å². The van der Waals surface area contributed by atoms with E-state index in [0.717, 1.165) is 24.1 Å². The number of aliphatic carboxylic acids is 1. The average Bonchev–Trinajstić information content (AvgIpc) is 3.18. The van der Waals surface area contributed by atoms with Crippen LogP contribution in [0.2, 0.25) is 0 Å². The molecule has 0 spiro atoms. The Balaban J connectivity index is 2.19. The van der Waals surface area contributed by atoms with E-state index in [-0.39, 0.29) is 0 Å². The lowest BCUT2D eigenvalue weighted by Gasteiger charge is -2.24. The molecule has 0 radical (unpaired) electrons. The highest BCUT2D eigenvalue weighted by molar-refractivity contribution is 5.85. The molecule has 1 aromatic rings. The van der Waals surface area contributed by atoms with E-state index >= 15 is 0 Å². The summed E-state index contributed by atoms with van der Waals surface area (Å²) in [7, 11) is 0. The molecule has 1 aliphatic carbocycles. The van der Waals surface area contributed by atoms with Crippen molar-refractivity contribution >= 4 is 17.7 Å². The van der Waals surface area contributed by atoms with E-state index in [9.17, 15) is 4.79 Å². The molecule has 0 atom stereocenters. The van der Waals surface area contributed by atoms with E-state index in [1.165, 1.54) is 24.6 Å². The molecule has 0 heterocycles. The maximum absolute atomic E-state index is 10.5. The number of carbonyl (C=O) groups is 1. The van der Waals surface area contributed by atoms with Crippen molar-refractivity contribution in [1.82, 2.24) is 0 Å². The molecule has 0 aliphatic heterocycles. The van der Waals surface area contributed by atoms with Gasteiger partial charge in [-0.25, -0.2) is 4.79 Å². The number of hydrogen-bond acceptors (Lipinski definition) is 2. The molecule has 3 heteroatoms. The van der Waals surface area contributed by atoms with Gasteiger partial charge in [0.1, 0.15) is 0 Å². The predicted molar refractivity (Wildman–Crippen MR) is 78.5 cm³/mol. The van der Waals surface area contributed by atoms with Gasteiger partial charge in [0.2, 0.25) is 0 Å². The van der Waals surface area contributed by atoms with Gasteiger partial charge in [-0.3, -0.25) is 0 Å². The van der Waals surface area contributed by atoms with Gasteiger partial charge in [0, 0.05) is 24.4 Å². The first-order valence-corrected chi connectivity index (χ1v) is 6.90. The zero-order valence-corrected chi connectivity index (χ0v) is 11.6. The molecule has 1 aliphatic rings. The van der Waals surface area contributed by atoms with Gasteiger partial charge in [-0.2, -0.15) is 0 Å². The normalized spacial score (nSPS) is 14.8. The van der Waals surface area contributed by atoms with Crippen molar-refractivity contribution in [3.63, 3.8) is 0 Å². The number of aryl methyl sites for hydroxylation is 1. The Bertz CT molecular complexity index is 490. The standard InChI is InChI=1S/C16H21NO2/c1-3-10-17(14-7-8-14)15-6-4-13(12(2)11-15)5-9-16(18)19/h4-6,9,11,14H,3,7-8,10H2,1-2H3,(H,18,19). The molecule has 1 N–H and O–H groups in total. The summed E-state index contributed by atoms with van der Waals surface area (Å²) in [6.45, 7) is 5.32. The lowest BCUT2D eigenvalue weighted by Crippen LogP contribution is -2.26. The molecule has 102 valence electrons. The quantitative estimate of drug-likeness (QED) is 0.795. The monoisotopic (exact) mass is 259 g/mol. The third-order valence-electron chi connectivity index (χ3n) is 3.44. The van der Waals surface area contributed by atoms with Gasteiger partial charge in [0.25, 0.3) is 0 Å². The zero-order chi connectivity index (χ0) is 13.8. The second-order valence-electron chi connectivity index (χ2n) is 5.14. The summed E-state index contributed by atoms with van der Waals surface area (Å²) in [5.41, 5.74) is 3.35. The SMILES string of the molecule is CCCN(c1ccc(C=CC(=O)O)c(C)c1)C1CC1. The van der Waals surface area contributed by atoms with Gasteiger partial charge in [0.15, 0.2) is 0 Å². The van der Waals surface area contributed by atoms with Gasteiger partial charge in [-0.05, 0) is 55.5 Å². The van der Waals surface area contributed by atoms with E-state index in [2.05, 4.69) is 24.0 Å². The molecule has 0 unspecified atom stereocenters. The molecule has 0 bridgehead atoms. The molecule has 0 aromatic heterocycles. The summed E-state index contributed by atoms with van der Waals surface area (Å²) >= 11 is 0. The van der Waals surface area contributed by atoms with Gasteiger partial charge >= 0.3 is 5.97 Å². The van der Waals surface area contributed by atoms with Crippen LogP contribution in [0.15, 0.2) is 24.3 Å². The number of anilines is 1. The van der Waals surface area contributed by atoms with Crippen LogP contribution in [0.1, 0.15) is 37.3 Å². The van der Waals surface area contributed by atoms with Crippen molar-refractivity contribution in [1.29, 1.82) is 0 Å². The van der Waals surface area contributed by atoms with Gasteiger partial charge in [-0.15, -0.1) is 0 Å². The van der Waals surface area contributed by atoms with E-state index in [1.54, 1.807) is 6.08 Å². The highest BCUT2D eigenvalue weighted by atomic mass is 16.4. The Morgan fingerprint density at radius 1 is 1.47 bits per heavy atom. The van der Waals surface area contributed by atoms with Crippen molar-refractivity contribution in [2.24, 2.45) is 0 Å². The van der Waals surface area contributed by atoms with Crippen molar-refractivity contribution in [3.05, 3.63) is 35.4 Å². The fraction of sp³-hybridized carbons (Fsp3) is 0.438. The van der Waals surface area contributed by atoms with Crippen LogP contribution in [-0.4, -0.2) is 23.7 Å². The van der Waals surface area contributed by atoms with Crippen LogP contribution < -0.4 is 4.90 Å². The number of carboxylic acids is 1. The zero-order valence-electron chi connectivity index (χ0n) is 11.6. The fourth-order valence-corrected chi connectivity index (χ4v) is 2.34. The Labute approximate surface area is 114 Å². The van der Waals surface area contributed by atoms with Crippen LogP contribution in [0, 0.1) is 6.92 Å². The molecule has 1 saturated carbocycles. The fourth-order valence-electron chi connectivity index (χ4n) is 2.34. The second-order valence-corrected chi connectivity index (χ2v) is 5.14. The third-order valence-corrected chi connectivity index (χ3v) is 3.44. The molecule has 0 amide bonds. The topological polar surface area (TPSA) is 40.5 Å². The van der Waals surface area contributed by atoms with E-state index in [4.69, 9.17) is 5.11 Å². The van der Waals surface area contributed by atoms with Crippen LogP contribution in [0.25, 0.3) is 6.08 Å². The second kappa shape index (κ2) is 5.91. The number of rotatable bonds is 6. The molecule has 3 nitrogen and oxygen atoms in total. The highest BCUT2D eigenvalue weighted by Crippen LogP contribution is 2.32. The third kappa shape index (κ3) is 3.60. The number of nitrogens with zero attached hydrogens (tertiary/aromatic N) is 1. The predicted octanol–water partition coefficient (Wildman–Crippen LogP) is 3.47. The van der Waals surface area contributed by atoms with E-state index in [0.29, 0.717) is 6.04 Å². The first kappa shape index (κ1) is 13.7. The first-order chi connectivity index (χ1) is 9.11. The summed E-state index contributed by atoms with van der Waals surface area (Å²) in [6.07, 6.45) is 6.57. The van der Waals surface area contributed by atoms with E-state index < -0.39 is 5.97 Å². The highest BCUT2D eigenvalue weighted by Gasteiger charge is 2.28. The Kier molecular flexibility index (Phi) is 4.25. The van der Waals surface area contributed by atoms with Crippen LogP contribution in [0.4, 0.5) is 5.69 Å². The minimum absolute atomic E-state index is 0.708. The van der Waals surface area contributed by atoms with E-state index in [1.807, 2.05) is 13.0 Å². The summed E-state index contributed by atoms with van der Waals surface area (Å²) in [4.78, 5) is 13.0. The molecular formula is C16H21NO2. The van der Waals surface area contributed by atoms with Crippen LogP contribution in [-0.2, 0) is 4.79 Å². The Morgan fingerprint density at radius 3 is 2.74 bits per heavy atom. The smallest absolute Gasteiger partial charge is 0.328 e. The molecule has 2 rings (SSSR count). The van der Waals surface area contributed by atoms with Crippen molar-refractivity contribution < 1.29 is 9.90 Å². The first-order valence-electron chi connectivity index (χ1n) is 6.90. The Morgan fingerprint density at radius 2 is 2.21 bits per heavy atom. The van der Waals surface area contributed by atoms with Crippen LogP contribution in [0.5, 0.6) is 0 Å². The van der Waals surface area contributed by atoms with Crippen LogP contribution in [0.3, 0.4) is 0 Å². The summed E-state index contributed by atoms with van der Waals surface area (Å²) in [6, 6.07) is 6.98. The molecule has 1 fully saturated rings. The van der Waals surface area contributed by atoms with Crippen LogP contribution >= 0.6 is 0 Å². The van der Waals surface area contributed by atoms with Gasteiger partial charge < -0.3 is 10.0 Å². The minimum atomic E-state index is -0.908. The lowest BCUT2D eigenvalue weighted by molar-refractivity contribution is -0.131. The van der Waals surface area contributed by atoms with Gasteiger partial charge in [0.05, 0.1) is 0 Å². The van der Waals surface area contributed by atoms with Gasteiger partial charge in [-0.1, -0.05) is 13.0 Å². The number of hydrogen-bond donors (Lipinski definition) is 1. The maximum atomic E-state index is 10.5. The Hall–Kier alpha value is -1.77. The van der Waals surface area contributed by atoms with Crippen molar-refractivity contribution in [2.75, 3.05) is 11.4 Å². The average molecular weight is 259 g/mol. The number of benzene rings is 1. The van der Waals surface area contributed by atoms with Crippen molar-refractivity contribution in [2.45, 2.75) is 39.2 Å². The maximum Gasteiger partial charge on any atom is 0.328 e. The molecular weight excluding hydrogens is 238 g/mol. The summed E-state index contributed by atoms with van der Waals surface area (Å²) in [5, 5.41) is 8.66.